The van der Waals surface area contributed by atoms with Gasteiger partial charge in [-0.1, -0.05) is 92.8 Å². The van der Waals surface area contributed by atoms with Gasteiger partial charge in [-0.25, -0.2) is 4.79 Å². The van der Waals surface area contributed by atoms with E-state index in [0.717, 1.165) is 17.9 Å². The monoisotopic (exact) mass is 361 g/mol. The van der Waals surface area contributed by atoms with Crippen LogP contribution in [0.2, 0.25) is 0 Å². The number of ether oxygens (including phenoxy) is 1. The summed E-state index contributed by atoms with van der Waals surface area (Å²) < 4.78 is 5.95. The highest BCUT2D eigenvalue weighted by Crippen LogP contribution is 2.54. The average Bonchev–Trinajstić information content (AvgIpc) is 3.45. The Morgan fingerprint density at radius 3 is 2.11 bits per heavy atom. The molecule has 4 atom stereocenters. The van der Waals surface area contributed by atoms with Gasteiger partial charge in [-0.3, -0.25) is 4.90 Å². The van der Waals surface area contributed by atoms with Crippen LogP contribution in [0.4, 0.5) is 4.79 Å². The molecule has 5 rings (SSSR count). The summed E-state index contributed by atoms with van der Waals surface area (Å²) in [5, 5.41) is 0. The van der Waals surface area contributed by atoms with E-state index in [4.69, 9.17) is 4.74 Å². The minimum absolute atomic E-state index is 0.0281. The highest BCUT2D eigenvalue weighted by molar-refractivity contribution is 5.72. The maximum absolute atomic E-state index is 13.0. The quantitative estimate of drug-likeness (QED) is 0.679. The first-order chi connectivity index (χ1) is 13.3. The van der Waals surface area contributed by atoms with Crippen molar-refractivity contribution in [2.45, 2.75) is 56.7 Å². The van der Waals surface area contributed by atoms with Crippen LogP contribution < -0.4 is 0 Å². The summed E-state index contributed by atoms with van der Waals surface area (Å²) in [6.07, 6.45) is 7.53. The van der Waals surface area contributed by atoms with E-state index in [0.29, 0.717) is 12.0 Å². The van der Waals surface area contributed by atoms with Crippen LogP contribution in [0.5, 0.6) is 0 Å². The molecule has 2 aliphatic carbocycles. The zero-order valence-electron chi connectivity index (χ0n) is 15.7. The van der Waals surface area contributed by atoms with E-state index in [1.165, 1.54) is 37.7 Å². The second-order valence-corrected chi connectivity index (χ2v) is 8.34. The van der Waals surface area contributed by atoms with Gasteiger partial charge < -0.3 is 4.74 Å². The summed E-state index contributed by atoms with van der Waals surface area (Å²) in [6.45, 7) is 0. The van der Waals surface area contributed by atoms with Crippen LogP contribution in [0, 0.1) is 11.8 Å². The van der Waals surface area contributed by atoms with E-state index < -0.39 is 0 Å². The summed E-state index contributed by atoms with van der Waals surface area (Å²) >= 11 is 0. The predicted octanol–water partition coefficient (Wildman–Crippen LogP) is 5.89. The number of benzene rings is 2. The van der Waals surface area contributed by atoms with Gasteiger partial charge in [0.2, 0.25) is 0 Å². The van der Waals surface area contributed by atoms with Crippen molar-refractivity contribution in [2.24, 2.45) is 11.8 Å². The lowest BCUT2D eigenvalue weighted by Gasteiger charge is -2.28. The van der Waals surface area contributed by atoms with Crippen molar-refractivity contribution < 1.29 is 9.53 Å². The number of carbonyl (C=O) groups excluding carboxylic acids is 1. The van der Waals surface area contributed by atoms with Crippen molar-refractivity contribution in [3.63, 3.8) is 0 Å². The summed E-state index contributed by atoms with van der Waals surface area (Å²) in [7, 11) is 0. The summed E-state index contributed by atoms with van der Waals surface area (Å²) in [4.78, 5) is 15.0. The van der Waals surface area contributed by atoms with Gasteiger partial charge in [0, 0.05) is 6.04 Å². The van der Waals surface area contributed by atoms with Crippen LogP contribution in [-0.4, -0.2) is 17.0 Å². The number of hydrogen-bond donors (Lipinski definition) is 0. The fourth-order valence-electron chi connectivity index (χ4n) is 5.30. The molecule has 0 aromatic heterocycles. The number of cyclic esters (lactones) is 1. The third-order valence-electron chi connectivity index (χ3n) is 6.71. The molecule has 1 heterocycles. The Morgan fingerprint density at radius 1 is 0.815 bits per heavy atom. The van der Waals surface area contributed by atoms with Gasteiger partial charge in [0.1, 0.15) is 6.04 Å². The van der Waals surface area contributed by atoms with E-state index in [-0.39, 0.29) is 18.2 Å². The molecule has 2 aromatic carbocycles. The zero-order chi connectivity index (χ0) is 18.2. The molecule has 27 heavy (non-hydrogen) atoms. The van der Waals surface area contributed by atoms with Crippen LogP contribution in [0.25, 0.3) is 0 Å². The highest BCUT2D eigenvalue weighted by atomic mass is 16.6. The normalized spacial score (nSPS) is 31.0. The molecule has 2 saturated carbocycles. The third kappa shape index (κ3) is 3.13. The maximum Gasteiger partial charge on any atom is 0.411 e. The number of amides is 1. The first-order valence-electron chi connectivity index (χ1n) is 10.4. The van der Waals surface area contributed by atoms with E-state index >= 15 is 0 Å². The molecule has 0 unspecified atom stereocenters. The highest BCUT2D eigenvalue weighted by Gasteiger charge is 2.55. The molecule has 1 aliphatic heterocycles. The third-order valence-corrected chi connectivity index (χ3v) is 6.71. The van der Waals surface area contributed by atoms with E-state index in [1.54, 1.807) is 0 Å². The zero-order valence-corrected chi connectivity index (χ0v) is 15.7. The van der Waals surface area contributed by atoms with Crippen molar-refractivity contribution in [1.82, 2.24) is 4.90 Å². The Balaban J connectivity index is 1.45. The lowest BCUT2D eigenvalue weighted by atomic mass is 9.85. The molecule has 0 radical (unpaired) electrons. The van der Waals surface area contributed by atoms with Gasteiger partial charge in [0.05, 0.1) is 0 Å². The van der Waals surface area contributed by atoms with E-state index in [1.807, 2.05) is 24.3 Å². The van der Waals surface area contributed by atoms with Crippen molar-refractivity contribution in [1.29, 1.82) is 0 Å². The Morgan fingerprint density at radius 2 is 1.44 bits per heavy atom. The van der Waals surface area contributed by atoms with Crippen molar-refractivity contribution >= 4 is 6.09 Å². The lowest BCUT2D eigenvalue weighted by Crippen LogP contribution is -2.32. The minimum atomic E-state index is -0.228. The fraction of sp³-hybridized carbons (Fsp3) is 0.458. The van der Waals surface area contributed by atoms with Gasteiger partial charge in [-0.15, -0.1) is 0 Å². The molecule has 2 aromatic rings. The second kappa shape index (κ2) is 7.03. The van der Waals surface area contributed by atoms with Crippen LogP contribution in [0.15, 0.2) is 60.7 Å². The standard InChI is InChI=1S/C24H27NO2/c26-24-25(21-16-20(21)17-10-4-1-5-11-17)22(18-12-6-2-7-13-18)23(27-24)19-14-8-3-9-15-19/h2-3,6-9,12-15,17,20-23H,1,4-5,10-11,16H2/t20-,21-,22-,23+/m0/s1. The van der Waals surface area contributed by atoms with Gasteiger partial charge in [0.25, 0.3) is 0 Å². The summed E-state index contributed by atoms with van der Waals surface area (Å²) in [6, 6.07) is 20.9. The van der Waals surface area contributed by atoms with Crippen LogP contribution in [0.3, 0.4) is 0 Å². The fourth-order valence-corrected chi connectivity index (χ4v) is 5.30. The maximum atomic E-state index is 13.0. The molecular weight excluding hydrogens is 334 g/mol. The van der Waals surface area contributed by atoms with Crippen LogP contribution >= 0.6 is 0 Å². The molecule has 0 bridgehead atoms. The molecule has 3 fully saturated rings. The molecule has 3 nitrogen and oxygen atoms in total. The largest absolute Gasteiger partial charge is 0.439 e. The number of carbonyl (C=O) groups is 1. The SMILES string of the molecule is O=C1O[C@H](c2ccccc2)[C@H](c2ccccc2)N1[C@H]1C[C@H]1C1CCCCC1. The number of rotatable bonds is 4. The van der Waals surface area contributed by atoms with E-state index in [9.17, 15) is 4.79 Å². The Hall–Kier alpha value is -2.29. The molecule has 0 N–H and O–H groups in total. The average molecular weight is 361 g/mol. The van der Waals surface area contributed by atoms with Gasteiger partial charge >= 0.3 is 6.09 Å². The van der Waals surface area contributed by atoms with Crippen molar-refractivity contribution in [2.75, 3.05) is 0 Å². The second-order valence-electron chi connectivity index (χ2n) is 8.34. The molecule has 140 valence electrons. The number of nitrogens with zero attached hydrogens (tertiary/aromatic N) is 1. The Kier molecular flexibility index (Phi) is 4.39. The topological polar surface area (TPSA) is 29.5 Å². The molecule has 1 saturated heterocycles. The van der Waals surface area contributed by atoms with Gasteiger partial charge in [0.15, 0.2) is 6.10 Å². The predicted molar refractivity (Wildman–Crippen MR) is 105 cm³/mol. The van der Waals surface area contributed by atoms with Crippen LogP contribution in [-0.2, 0) is 4.74 Å². The van der Waals surface area contributed by atoms with E-state index in [2.05, 4.69) is 41.3 Å². The molecule has 3 aliphatic rings. The molecule has 0 spiro atoms. The minimum Gasteiger partial charge on any atom is -0.439 e. The van der Waals surface area contributed by atoms with Crippen LogP contribution in [0.1, 0.15) is 61.8 Å². The first kappa shape index (κ1) is 16.9. The van der Waals surface area contributed by atoms with Crippen molar-refractivity contribution in [3.8, 4) is 0 Å². The Bertz CT molecular complexity index is 785. The molecular formula is C24H27NO2. The van der Waals surface area contributed by atoms with Gasteiger partial charge in [-0.05, 0) is 29.4 Å². The van der Waals surface area contributed by atoms with Crippen molar-refractivity contribution in [3.05, 3.63) is 71.8 Å². The smallest absolute Gasteiger partial charge is 0.411 e. The molecule has 1 amide bonds. The molecule has 3 heteroatoms. The summed E-state index contributed by atoms with van der Waals surface area (Å²) in [5.41, 5.74) is 2.25. The lowest BCUT2D eigenvalue weighted by molar-refractivity contribution is 0.129. The first-order valence-corrected chi connectivity index (χ1v) is 10.4. The summed E-state index contributed by atoms with van der Waals surface area (Å²) in [5.74, 6) is 1.46. The number of hydrogen-bond acceptors (Lipinski definition) is 2. The Labute approximate surface area is 161 Å². The van der Waals surface area contributed by atoms with Gasteiger partial charge in [-0.2, -0.15) is 0 Å².